The number of rotatable bonds is 7. The molecule has 0 aliphatic heterocycles. The fourth-order valence-electron chi connectivity index (χ4n) is 2.02. The molecule has 0 bridgehead atoms. The highest BCUT2D eigenvalue weighted by Gasteiger charge is 2.17. The molecule has 1 atom stereocenters. The minimum atomic E-state index is -1.25. The molecule has 6 heteroatoms. The topological polar surface area (TPSA) is 91.6 Å². The number of amides is 1. The maximum atomic E-state index is 12.0. The van der Waals surface area contributed by atoms with Crippen LogP contribution in [0.1, 0.15) is 35.5 Å². The van der Waals surface area contributed by atoms with Crippen molar-refractivity contribution in [3.8, 4) is 5.75 Å². The van der Waals surface area contributed by atoms with Gasteiger partial charge in [-0.05, 0) is 36.8 Å². The molecule has 0 spiro atoms. The van der Waals surface area contributed by atoms with E-state index in [0.29, 0.717) is 17.9 Å². The van der Waals surface area contributed by atoms with E-state index in [-0.39, 0.29) is 12.2 Å². The second kappa shape index (κ2) is 7.31. The lowest BCUT2D eigenvalue weighted by atomic mass is 10.0. The number of nitrogens with one attached hydrogen (secondary N) is 1. The van der Waals surface area contributed by atoms with E-state index >= 15 is 0 Å². The SMILES string of the molecule is CCOc1ccc([C@@H](CC(=O)[O-])NC(=O)c2ccco2)cc1. The van der Waals surface area contributed by atoms with Crippen LogP contribution in [0.5, 0.6) is 5.75 Å². The van der Waals surface area contributed by atoms with Gasteiger partial charge in [-0.25, -0.2) is 0 Å². The number of carboxylic acid groups (broad SMARTS) is 1. The van der Waals surface area contributed by atoms with E-state index in [4.69, 9.17) is 9.15 Å². The van der Waals surface area contributed by atoms with Crippen LogP contribution in [-0.2, 0) is 4.79 Å². The lowest BCUT2D eigenvalue weighted by Gasteiger charge is -2.19. The largest absolute Gasteiger partial charge is 0.550 e. The molecule has 0 fully saturated rings. The Bertz CT molecular complexity index is 618. The van der Waals surface area contributed by atoms with E-state index in [1.165, 1.54) is 12.3 Å². The molecule has 1 aromatic carbocycles. The van der Waals surface area contributed by atoms with E-state index in [1.807, 2.05) is 6.92 Å². The maximum Gasteiger partial charge on any atom is 0.287 e. The Balaban J connectivity index is 2.14. The van der Waals surface area contributed by atoms with Crippen LogP contribution >= 0.6 is 0 Å². The van der Waals surface area contributed by atoms with Gasteiger partial charge in [0.25, 0.3) is 5.91 Å². The van der Waals surface area contributed by atoms with Crippen molar-refractivity contribution in [2.24, 2.45) is 0 Å². The molecule has 0 radical (unpaired) electrons. The minimum Gasteiger partial charge on any atom is -0.550 e. The van der Waals surface area contributed by atoms with E-state index in [0.717, 1.165) is 0 Å². The van der Waals surface area contributed by atoms with Crippen molar-refractivity contribution in [3.63, 3.8) is 0 Å². The fourth-order valence-corrected chi connectivity index (χ4v) is 2.02. The second-order valence-electron chi connectivity index (χ2n) is 4.58. The number of ether oxygens (including phenoxy) is 1. The molecule has 1 heterocycles. The zero-order valence-electron chi connectivity index (χ0n) is 12.1. The van der Waals surface area contributed by atoms with Crippen LogP contribution in [0.25, 0.3) is 0 Å². The first kappa shape index (κ1) is 15.6. The summed E-state index contributed by atoms with van der Waals surface area (Å²) in [4.78, 5) is 22.9. The molecule has 1 amide bonds. The lowest BCUT2D eigenvalue weighted by Crippen LogP contribution is -2.34. The lowest BCUT2D eigenvalue weighted by molar-refractivity contribution is -0.306. The van der Waals surface area contributed by atoms with Crippen LogP contribution in [-0.4, -0.2) is 18.5 Å². The van der Waals surface area contributed by atoms with Crippen LogP contribution < -0.4 is 15.2 Å². The van der Waals surface area contributed by atoms with Gasteiger partial charge in [0.05, 0.1) is 18.9 Å². The standard InChI is InChI=1S/C16H17NO5/c1-2-21-12-7-5-11(6-8-12)13(10-15(18)19)17-16(20)14-4-3-9-22-14/h3-9,13H,2,10H2,1H3,(H,17,20)(H,18,19)/p-1/t13-/m1/s1. The average Bonchev–Trinajstić information content (AvgIpc) is 3.01. The fraction of sp³-hybridized carbons (Fsp3) is 0.250. The number of carboxylic acids is 1. The number of carbonyl (C=O) groups is 2. The Morgan fingerprint density at radius 2 is 2.00 bits per heavy atom. The van der Waals surface area contributed by atoms with Crippen molar-refractivity contribution in [2.75, 3.05) is 6.61 Å². The third kappa shape index (κ3) is 4.12. The first-order valence-corrected chi connectivity index (χ1v) is 6.87. The molecule has 0 aliphatic carbocycles. The molecule has 0 unspecified atom stereocenters. The molecule has 6 nitrogen and oxygen atoms in total. The van der Waals surface area contributed by atoms with E-state index in [2.05, 4.69) is 5.32 Å². The van der Waals surface area contributed by atoms with Crippen molar-refractivity contribution in [1.29, 1.82) is 0 Å². The summed E-state index contributed by atoms with van der Waals surface area (Å²) in [7, 11) is 0. The summed E-state index contributed by atoms with van der Waals surface area (Å²) >= 11 is 0. The zero-order chi connectivity index (χ0) is 15.9. The average molecular weight is 302 g/mol. The molecule has 0 saturated carbocycles. The van der Waals surface area contributed by atoms with Crippen LogP contribution in [0.4, 0.5) is 0 Å². The maximum absolute atomic E-state index is 12.0. The van der Waals surface area contributed by atoms with Gasteiger partial charge >= 0.3 is 0 Å². The van der Waals surface area contributed by atoms with Gasteiger partial charge in [0.2, 0.25) is 0 Å². The quantitative estimate of drug-likeness (QED) is 0.832. The Morgan fingerprint density at radius 1 is 1.27 bits per heavy atom. The molecule has 2 aromatic rings. The van der Waals surface area contributed by atoms with Gasteiger partial charge in [-0.2, -0.15) is 0 Å². The predicted molar refractivity (Wildman–Crippen MR) is 76.2 cm³/mol. The number of furan rings is 1. The summed E-state index contributed by atoms with van der Waals surface area (Å²) in [6.45, 7) is 2.41. The monoisotopic (exact) mass is 302 g/mol. The van der Waals surface area contributed by atoms with Crippen molar-refractivity contribution >= 4 is 11.9 Å². The summed E-state index contributed by atoms with van der Waals surface area (Å²) in [5.41, 5.74) is 0.646. The first-order valence-electron chi connectivity index (χ1n) is 6.87. The Hall–Kier alpha value is -2.76. The molecule has 1 N–H and O–H groups in total. The van der Waals surface area contributed by atoms with Crippen LogP contribution in [0, 0.1) is 0 Å². The first-order chi connectivity index (χ1) is 10.6. The molecule has 22 heavy (non-hydrogen) atoms. The predicted octanol–water partition coefficient (Wildman–Crippen LogP) is 1.29. The summed E-state index contributed by atoms with van der Waals surface area (Å²) in [6.07, 6.45) is 1.04. The molecule has 116 valence electrons. The van der Waals surface area contributed by atoms with Gasteiger partial charge in [0.1, 0.15) is 5.75 Å². The molecule has 2 rings (SSSR count). The number of hydrogen-bond acceptors (Lipinski definition) is 5. The van der Waals surface area contributed by atoms with Crippen LogP contribution in [0.3, 0.4) is 0 Å². The van der Waals surface area contributed by atoms with Gasteiger partial charge in [-0.1, -0.05) is 12.1 Å². The van der Waals surface area contributed by atoms with Crippen molar-refractivity contribution in [2.45, 2.75) is 19.4 Å². The van der Waals surface area contributed by atoms with Gasteiger partial charge in [-0.3, -0.25) is 4.79 Å². The van der Waals surface area contributed by atoms with Crippen LogP contribution in [0.15, 0.2) is 47.1 Å². The minimum absolute atomic E-state index is 0.120. The molecular weight excluding hydrogens is 286 g/mol. The summed E-state index contributed by atoms with van der Waals surface area (Å²) in [6, 6.07) is 9.24. The summed E-state index contributed by atoms with van der Waals surface area (Å²) in [5, 5.41) is 13.5. The molecule has 0 aliphatic rings. The highest BCUT2D eigenvalue weighted by Crippen LogP contribution is 2.21. The smallest absolute Gasteiger partial charge is 0.287 e. The number of aliphatic carboxylic acids is 1. The summed E-state index contributed by atoms with van der Waals surface area (Å²) in [5.74, 6) is -0.936. The highest BCUT2D eigenvalue weighted by atomic mass is 16.5. The molecule has 1 aromatic heterocycles. The van der Waals surface area contributed by atoms with Crippen molar-refractivity contribution in [1.82, 2.24) is 5.32 Å². The Morgan fingerprint density at radius 3 is 2.55 bits per heavy atom. The van der Waals surface area contributed by atoms with Gasteiger partial charge < -0.3 is 24.4 Å². The molecule has 0 saturated heterocycles. The number of benzene rings is 1. The number of hydrogen-bond donors (Lipinski definition) is 1. The van der Waals surface area contributed by atoms with Gasteiger partial charge in [0, 0.05) is 12.4 Å². The van der Waals surface area contributed by atoms with Gasteiger partial charge in [0.15, 0.2) is 5.76 Å². The van der Waals surface area contributed by atoms with Crippen molar-refractivity contribution in [3.05, 3.63) is 54.0 Å². The second-order valence-corrected chi connectivity index (χ2v) is 4.58. The zero-order valence-corrected chi connectivity index (χ0v) is 12.1. The van der Waals surface area contributed by atoms with Crippen molar-refractivity contribution < 1.29 is 23.8 Å². The number of carbonyl (C=O) groups excluding carboxylic acids is 2. The van der Waals surface area contributed by atoms with E-state index in [1.54, 1.807) is 30.3 Å². The van der Waals surface area contributed by atoms with E-state index in [9.17, 15) is 14.7 Å². The third-order valence-electron chi connectivity index (χ3n) is 3.01. The van der Waals surface area contributed by atoms with Crippen LogP contribution in [0.2, 0.25) is 0 Å². The van der Waals surface area contributed by atoms with E-state index < -0.39 is 17.9 Å². The molecular formula is C16H16NO5-. The summed E-state index contributed by atoms with van der Waals surface area (Å²) < 4.78 is 10.3. The van der Waals surface area contributed by atoms with Gasteiger partial charge in [-0.15, -0.1) is 0 Å². The Kier molecular flexibility index (Phi) is 5.19. The third-order valence-corrected chi connectivity index (χ3v) is 3.01. The highest BCUT2D eigenvalue weighted by molar-refractivity contribution is 5.91. The normalized spacial score (nSPS) is 11.7. The Labute approximate surface area is 127 Å².